The van der Waals surface area contributed by atoms with E-state index in [1.807, 2.05) is 0 Å². The van der Waals surface area contributed by atoms with Gasteiger partial charge in [0.05, 0.1) is 0 Å². The van der Waals surface area contributed by atoms with Crippen LogP contribution in [0.25, 0.3) is 0 Å². The summed E-state index contributed by atoms with van der Waals surface area (Å²) in [6, 6.07) is 0. The van der Waals surface area contributed by atoms with Crippen LogP contribution < -0.4 is 33.2 Å². The molecule has 0 aromatic carbocycles. The Hall–Kier alpha value is -1.91. The predicted molar refractivity (Wildman–Crippen MR) is 116 cm³/mol. The van der Waals surface area contributed by atoms with Crippen molar-refractivity contribution in [2.24, 2.45) is 22.2 Å². The first-order valence-electron chi connectivity index (χ1n) is 10.6. The number of guanidine groups is 1. The number of rotatable bonds is 19. The second-order valence-electron chi connectivity index (χ2n) is 7.33. The number of nitrogens with one attached hydrogen (secondary N) is 3. The topological polar surface area (TPSA) is 181 Å². The molecule has 29 heavy (non-hydrogen) atoms. The summed E-state index contributed by atoms with van der Waals surface area (Å²) in [5.41, 5.74) is 14.5. The monoisotopic (exact) mass is 415 g/mol. The van der Waals surface area contributed by atoms with Gasteiger partial charge in [-0.2, -0.15) is 0 Å². The molecule has 0 aliphatic carbocycles. The summed E-state index contributed by atoms with van der Waals surface area (Å²) in [4.78, 5) is 27.6. The summed E-state index contributed by atoms with van der Waals surface area (Å²) < 4.78 is 0. The van der Waals surface area contributed by atoms with Crippen molar-refractivity contribution in [2.75, 3.05) is 32.7 Å². The normalized spacial score (nSPS) is 12.9. The predicted octanol–water partition coefficient (Wildman–Crippen LogP) is -0.174. The van der Waals surface area contributed by atoms with E-state index in [2.05, 4.69) is 20.9 Å². The molecule has 0 aromatic heterocycles. The van der Waals surface area contributed by atoms with Crippen LogP contribution in [0.5, 0.6) is 0 Å². The smallest absolute Gasteiger partial charge is 0.344 e. The second-order valence-corrected chi connectivity index (χ2v) is 7.33. The van der Waals surface area contributed by atoms with Gasteiger partial charge in [0.15, 0.2) is 11.6 Å². The van der Waals surface area contributed by atoms with Crippen LogP contribution in [0, 0.1) is 0 Å². The molecule has 0 heterocycles. The van der Waals surface area contributed by atoms with E-state index in [0.29, 0.717) is 26.1 Å². The first kappa shape index (κ1) is 27.1. The molecule has 0 rings (SSSR count). The molecule has 0 bridgehead atoms. The van der Waals surface area contributed by atoms with Crippen molar-refractivity contribution < 1.29 is 14.7 Å². The van der Waals surface area contributed by atoms with Crippen molar-refractivity contribution in [1.29, 1.82) is 0 Å². The minimum Gasteiger partial charge on any atom is -0.478 e. The lowest BCUT2D eigenvalue weighted by Gasteiger charge is -2.27. The summed E-state index contributed by atoms with van der Waals surface area (Å²) in [7, 11) is 0. The van der Waals surface area contributed by atoms with Gasteiger partial charge in [0.2, 0.25) is 5.91 Å². The summed E-state index contributed by atoms with van der Waals surface area (Å²) in [5.74, 6) is -1.24. The molecule has 0 radical (unpaired) electrons. The Morgan fingerprint density at radius 3 is 2.21 bits per heavy atom. The number of amides is 1. The largest absolute Gasteiger partial charge is 0.478 e. The zero-order valence-corrected chi connectivity index (χ0v) is 17.8. The molecule has 0 aromatic rings. The fourth-order valence-electron chi connectivity index (χ4n) is 2.72. The number of hydrogen-bond acceptors (Lipinski definition) is 6. The summed E-state index contributed by atoms with van der Waals surface area (Å²) in [5, 5.41) is 18.3. The molecule has 10 N–H and O–H groups in total. The van der Waals surface area contributed by atoms with Crippen LogP contribution >= 0.6 is 0 Å². The van der Waals surface area contributed by atoms with E-state index >= 15 is 0 Å². The van der Waals surface area contributed by atoms with Crippen molar-refractivity contribution >= 4 is 17.8 Å². The van der Waals surface area contributed by atoms with Crippen LogP contribution in [-0.2, 0) is 9.59 Å². The first-order chi connectivity index (χ1) is 13.8. The highest BCUT2D eigenvalue weighted by Gasteiger charge is 2.33. The Morgan fingerprint density at radius 1 is 0.931 bits per heavy atom. The Balaban J connectivity index is 3.94. The van der Waals surface area contributed by atoms with E-state index in [9.17, 15) is 14.7 Å². The Bertz CT molecular complexity index is 484. The van der Waals surface area contributed by atoms with Crippen molar-refractivity contribution in [3.05, 3.63) is 0 Å². The average molecular weight is 416 g/mol. The van der Waals surface area contributed by atoms with Gasteiger partial charge in [0.1, 0.15) is 0 Å². The standard InChI is InChI=1S/C19H41N7O3/c1-19(17(28)29,25-15-8-7-12-23-13-9-11-20)26-16(27)10-5-3-2-4-6-14-24-18(21)22/h23,25H,2-15,20H2,1H3,(H,26,27)(H,28,29)(H4,21,22,24). The van der Waals surface area contributed by atoms with Gasteiger partial charge >= 0.3 is 5.97 Å². The van der Waals surface area contributed by atoms with Gasteiger partial charge in [-0.05, 0) is 65.2 Å². The van der Waals surface area contributed by atoms with Crippen LogP contribution in [-0.4, -0.2) is 61.3 Å². The molecule has 0 saturated carbocycles. The van der Waals surface area contributed by atoms with Gasteiger partial charge < -0.3 is 32.9 Å². The van der Waals surface area contributed by atoms with E-state index in [4.69, 9.17) is 17.2 Å². The van der Waals surface area contributed by atoms with Gasteiger partial charge in [-0.3, -0.25) is 15.1 Å². The fraction of sp³-hybridized carbons (Fsp3) is 0.842. The zero-order valence-electron chi connectivity index (χ0n) is 17.8. The van der Waals surface area contributed by atoms with Crippen LogP contribution in [0.2, 0.25) is 0 Å². The zero-order chi connectivity index (χ0) is 22.0. The maximum atomic E-state index is 12.1. The highest BCUT2D eigenvalue weighted by Crippen LogP contribution is 2.07. The van der Waals surface area contributed by atoms with Gasteiger partial charge in [-0.15, -0.1) is 0 Å². The molecule has 0 aliphatic heterocycles. The molecule has 0 aliphatic rings. The molecule has 1 unspecified atom stereocenters. The van der Waals surface area contributed by atoms with E-state index in [0.717, 1.165) is 64.5 Å². The molecule has 0 spiro atoms. The number of carbonyl (C=O) groups excluding carboxylic acids is 1. The lowest BCUT2D eigenvalue weighted by molar-refractivity contribution is -0.148. The molecule has 10 nitrogen and oxygen atoms in total. The highest BCUT2D eigenvalue weighted by molar-refractivity contribution is 5.86. The Labute approximate surface area is 174 Å². The molecule has 1 atom stereocenters. The van der Waals surface area contributed by atoms with E-state index in [1.165, 1.54) is 6.92 Å². The first-order valence-corrected chi connectivity index (χ1v) is 10.6. The quantitative estimate of drug-likeness (QED) is 0.0656. The van der Waals surface area contributed by atoms with Gasteiger partial charge in [0.25, 0.3) is 0 Å². The summed E-state index contributed by atoms with van der Waals surface area (Å²) >= 11 is 0. The van der Waals surface area contributed by atoms with Crippen molar-refractivity contribution in [3.63, 3.8) is 0 Å². The molecule has 1 amide bonds. The van der Waals surface area contributed by atoms with Gasteiger partial charge in [-0.25, -0.2) is 4.79 Å². The Morgan fingerprint density at radius 2 is 1.55 bits per heavy atom. The van der Waals surface area contributed by atoms with E-state index in [1.54, 1.807) is 0 Å². The number of aliphatic imine (C=N–C) groups is 1. The van der Waals surface area contributed by atoms with Crippen molar-refractivity contribution in [2.45, 2.75) is 70.4 Å². The maximum absolute atomic E-state index is 12.1. The minimum atomic E-state index is -1.45. The lowest BCUT2D eigenvalue weighted by atomic mass is 10.1. The summed E-state index contributed by atoms with van der Waals surface area (Å²) in [6.45, 7) is 5.04. The maximum Gasteiger partial charge on any atom is 0.344 e. The Kier molecular flexibility index (Phi) is 15.9. The number of nitrogens with two attached hydrogens (primary N) is 3. The third-order valence-corrected chi connectivity index (χ3v) is 4.49. The molecule has 0 saturated heterocycles. The van der Waals surface area contributed by atoms with Crippen LogP contribution in [0.1, 0.15) is 64.7 Å². The number of carbonyl (C=O) groups is 2. The van der Waals surface area contributed by atoms with Crippen molar-refractivity contribution in [3.8, 4) is 0 Å². The van der Waals surface area contributed by atoms with E-state index in [-0.39, 0.29) is 11.9 Å². The highest BCUT2D eigenvalue weighted by atomic mass is 16.4. The van der Waals surface area contributed by atoms with Gasteiger partial charge in [0, 0.05) is 13.0 Å². The van der Waals surface area contributed by atoms with Crippen LogP contribution in [0.15, 0.2) is 4.99 Å². The van der Waals surface area contributed by atoms with Crippen molar-refractivity contribution in [1.82, 2.24) is 16.0 Å². The third-order valence-electron chi connectivity index (χ3n) is 4.49. The van der Waals surface area contributed by atoms with Gasteiger partial charge in [-0.1, -0.05) is 19.3 Å². The van der Waals surface area contributed by atoms with Crippen LogP contribution in [0.4, 0.5) is 0 Å². The minimum absolute atomic E-state index is 0.107. The number of carboxylic acid groups (broad SMARTS) is 1. The SMILES string of the molecule is CC(NCCCCNCCCN)(NC(=O)CCCCCCCN=C(N)N)C(=O)O. The molecule has 0 fully saturated rings. The van der Waals surface area contributed by atoms with E-state index < -0.39 is 11.6 Å². The number of aliphatic carboxylic acids is 1. The number of carboxylic acids is 1. The molecule has 10 heteroatoms. The third kappa shape index (κ3) is 15.7. The van der Waals surface area contributed by atoms with Crippen LogP contribution in [0.3, 0.4) is 0 Å². The summed E-state index contributed by atoms with van der Waals surface area (Å²) in [6.07, 6.45) is 7.51. The fourth-order valence-corrected chi connectivity index (χ4v) is 2.72. The second kappa shape index (κ2) is 17.0. The number of nitrogens with zero attached hydrogens (tertiary/aromatic N) is 1. The lowest BCUT2D eigenvalue weighted by Crippen LogP contribution is -2.62. The molecular weight excluding hydrogens is 374 g/mol. The molecule has 170 valence electrons. The molecular formula is C19H41N7O3. The number of unbranched alkanes of at least 4 members (excludes halogenated alkanes) is 5. The number of hydrogen-bond donors (Lipinski definition) is 7. The average Bonchev–Trinajstić information content (AvgIpc) is 2.65.